The molecule has 2 aromatic rings. The van der Waals surface area contributed by atoms with Gasteiger partial charge < -0.3 is 5.11 Å². The monoisotopic (exact) mass is 370 g/mol. The first-order valence-corrected chi connectivity index (χ1v) is 9.94. The molecule has 1 nitrogen and oxygen atoms in total. The van der Waals surface area contributed by atoms with Gasteiger partial charge in [-0.05, 0) is 72.3 Å². The van der Waals surface area contributed by atoms with Crippen molar-refractivity contribution in [2.45, 2.75) is 51.9 Å². The van der Waals surface area contributed by atoms with Crippen LogP contribution in [-0.2, 0) is 0 Å². The number of benzene rings is 2. The molecule has 3 rings (SSSR count). The van der Waals surface area contributed by atoms with Crippen LogP contribution in [0, 0.1) is 23.5 Å². The maximum Gasteiger partial charge on any atom is 0.187 e. The van der Waals surface area contributed by atoms with Crippen LogP contribution >= 0.6 is 0 Å². The summed E-state index contributed by atoms with van der Waals surface area (Å²) < 4.78 is 27.1. The summed E-state index contributed by atoms with van der Waals surface area (Å²) in [6, 6.07) is 10.3. The number of phenolic OH excluding ortho intramolecular Hbond substituents is 1. The molecule has 0 radical (unpaired) electrons. The fraction of sp³-hybridized carbons (Fsp3) is 0.417. The second-order valence-corrected chi connectivity index (χ2v) is 7.79. The Morgan fingerprint density at radius 2 is 1.59 bits per heavy atom. The second-order valence-electron chi connectivity index (χ2n) is 7.79. The Balaban J connectivity index is 1.64. The molecule has 0 saturated heterocycles. The number of rotatable bonds is 5. The average Bonchev–Trinajstić information content (AvgIpc) is 2.70. The molecule has 1 aliphatic rings. The molecule has 3 heteroatoms. The average molecular weight is 370 g/mol. The molecule has 144 valence electrons. The summed E-state index contributed by atoms with van der Waals surface area (Å²) in [7, 11) is 0. The molecule has 1 saturated carbocycles. The number of allylic oxidation sites excluding steroid dienone is 2. The summed E-state index contributed by atoms with van der Waals surface area (Å²) in [6.07, 6.45) is 10.7. The summed E-state index contributed by atoms with van der Waals surface area (Å²) in [5.41, 5.74) is 2.48. The van der Waals surface area contributed by atoms with Crippen molar-refractivity contribution >= 4 is 0 Å². The molecule has 1 N–H and O–H groups in total. The van der Waals surface area contributed by atoms with Gasteiger partial charge in [0.1, 0.15) is 0 Å². The highest BCUT2D eigenvalue weighted by atomic mass is 19.1. The number of hydrogen-bond acceptors (Lipinski definition) is 1. The van der Waals surface area contributed by atoms with Gasteiger partial charge in [-0.1, -0.05) is 56.7 Å². The smallest absolute Gasteiger partial charge is 0.187 e. The largest absolute Gasteiger partial charge is 0.503 e. The third-order valence-corrected chi connectivity index (χ3v) is 5.86. The summed E-state index contributed by atoms with van der Waals surface area (Å²) >= 11 is 0. The van der Waals surface area contributed by atoms with Crippen LogP contribution in [0.5, 0.6) is 5.75 Å². The fourth-order valence-electron chi connectivity index (χ4n) is 3.81. The topological polar surface area (TPSA) is 20.2 Å². The normalized spacial score (nSPS) is 21.5. The molecular weight excluding hydrogens is 342 g/mol. The molecule has 1 fully saturated rings. The molecule has 0 aromatic heterocycles. The van der Waals surface area contributed by atoms with Gasteiger partial charge in [0.15, 0.2) is 17.4 Å². The van der Waals surface area contributed by atoms with Crippen molar-refractivity contribution in [3.63, 3.8) is 0 Å². The van der Waals surface area contributed by atoms with Gasteiger partial charge in [-0.2, -0.15) is 0 Å². The quantitative estimate of drug-likeness (QED) is 0.551. The van der Waals surface area contributed by atoms with E-state index in [1.165, 1.54) is 49.8 Å². The molecule has 0 spiro atoms. The van der Waals surface area contributed by atoms with Gasteiger partial charge in [0, 0.05) is 0 Å². The van der Waals surface area contributed by atoms with E-state index in [4.69, 9.17) is 0 Å². The fourth-order valence-corrected chi connectivity index (χ4v) is 3.81. The molecule has 0 amide bonds. The highest BCUT2D eigenvalue weighted by Crippen LogP contribution is 2.37. The lowest BCUT2D eigenvalue weighted by Crippen LogP contribution is -2.12. The zero-order valence-electron chi connectivity index (χ0n) is 16.1. The zero-order chi connectivity index (χ0) is 19.4. The van der Waals surface area contributed by atoms with Gasteiger partial charge in [-0.25, -0.2) is 8.78 Å². The van der Waals surface area contributed by atoms with Crippen molar-refractivity contribution in [3.8, 4) is 16.9 Å². The van der Waals surface area contributed by atoms with E-state index < -0.39 is 17.4 Å². The summed E-state index contributed by atoms with van der Waals surface area (Å²) in [5, 5.41) is 9.24. The minimum Gasteiger partial charge on any atom is -0.503 e. The van der Waals surface area contributed by atoms with Crippen LogP contribution in [0.1, 0.15) is 57.4 Å². The Morgan fingerprint density at radius 3 is 2.15 bits per heavy atom. The van der Waals surface area contributed by atoms with Crippen molar-refractivity contribution in [1.29, 1.82) is 0 Å². The summed E-state index contributed by atoms with van der Waals surface area (Å²) in [5.74, 6) is -0.881. The maximum atomic E-state index is 13.6. The minimum atomic E-state index is -0.933. The summed E-state index contributed by atoms with van der Waals surface area (Å²) in [6.45, 7) is 4.48. The van der Waals surface area contributed by atoms with E-state index in [1.54, 1.807) is 0 Å². The van der Waals surface area contributed by atoms with Crippen molar-refractivity contribution in [2.24, 2.45) is 11.8 Å². The lowest BCUT2D eigenvalue weighted by atomic mass is 9.78. The summed E-state index contributed by atoms with van der Waals surface area (Å²) in [4.78, 5) is 0. The Bertz CT molecular complexity index is 764. The minimum absolute atomic E-state index is 0.438. The van der Waals surface area contributed by atoms with Crippen LogP contribution in [0.2, 0.25) is 0 Å². The van der Waals surface area contributed by atoms with Gasteiger partial charge in [-0.15, -0.1) is 0 Å². The van der Waals surface area contributed by atoms with E-state index in [9.17, 15) is 13.9 Å². The Kier molecular flexibility index (Phi) is 6.30. The molecule has 2 aromatic carbocycles. The molecule has 1 unspecified atom stereocenters. The van der Waals surface area contributed by atoms with E-state index in [0.29, 0.717) is 23.3 Å². The maximum absolute atomic E-state index is 13.6. The Labute approximate surface area is 160 Å². The molecule has 0 heterocycles. The van der Waals surface area contributed by atoms with E-state index in [-0.39, 0.29) is 0 Å². The predicted molar refractivity (Wildman–Crippen MR) is 107 cm³/mol. The van der Waals surface area contributed by atoms with Crippen LogP contribution in [0.4, 0.5) is 8.78 Å². The second kappa shape index (κ2) is 8.69. The highest BCUT2D eigenvalue weighted by Gasteiger charge is 2.21. The van der Waals surface area contributed by atoms with E-state index in [0.717, 1.165) is 5.56 Å². The first-order chi connectivity index (χ1) is 13.0. The van der Waals surface area contributed by atoms with Crippen molar-refractivity contribution in [2.75, 3.05) is 0 Å². The molecular formula is C24H28F2O. The Morgan fingerprint density at radius 1 is 1.00 bits per heavy atom. The third kappa shape index (κ3) is 4.77. The third-order valence-electron chi connectivity index (χ3n) is 5.86. The SMILES string of the molecule is CCC(C)/C=C/C1CCC(c2ccc(-c3cc(F)c(O)c(F)c3)cc2)CC1. The van der Waals surface area contributed by atoms with Crippen molar-refractivity contribution < 1.29 is 13.9 Å². The molecule has 0 aliphatic heterocycles. The first-order valence-electron chi connectivity index (χ1n) is 9.94. The lowest BCUT2D eigenvalue weighted by Gasteiger charge is -2.27. The number of halogens is 2. The van der Waals surface area contributed by atoms with Gasteiger partial charge in [0.2, 0.25) is 0 Å². The van der Waals surface area contributed by atoms with Crippen LogP contribution < -0.4 is 0 Å². The van der Waals surface area contributed by atoms with Gasteiger partial charge >= 0.3 is 0 Å². The lowest BCUT2D eigenvalue weighted by molar-refractivity contribution is 0.374. The molecule has 0 bridgehead atoms. The first kappa shape index (κ1) is 19.6. The molecule has 1 aliphatic carbocycles. The van der Waals surface area contributed by atoms with Crippen LogP contribution in [-0.4, -0.2) is 5.11 Å². The van der Waals surface area contributed by atoms with E-state index in [2.05, 4.69) is 38.1 Å². The van der Waals surface area contributed by atoms with Crippen LogP contribution in [0.25, 0.3) is 11.1 Å². The van der Waals surface area contributed by atoms with Gasteiger partial charge in [-0.3, -0.25) is 0 Å². The van der Waals surface area contributed by atoms with Gasteiger partial charge in [0.05, 0.1) is 0 Å². The van der Waals surface area contributed by atoms with Crippen LogP contribution in [0.3, 0.4) is 0 Å². The van der Waals surface area contributed by atoms with Crippen molar-refractivity contribution in [3.05, 3.63) is 65.7 Å². The van der Waals surface area contributed by atoms with E-state index >= 15 is 0 Å². The van der Waals surface area contributed by atoms with Gasteiger partial charge in [0.25, 0.3) is 0 Å². The highest BCUT2D eigenvalue weighted by molar-refractivity contribution is 5.65. The Hall–Kier alpha value is -2.16. The van der Waals surface area contributed by atoms with Crippen molar-refractivity contribution in [1.82, 2.24) is 0 Å². The zero-order valence-corrected chi connectivity index (χ0v) is 16.1. The molecule has 1 atom stereocenters. The number of aromatic hydroxyl groups is 1. The molecule has 27 heavy (non-hydrogen) atoms. The number of hydrogen-bond donors (Lipinski definition) is 1. The van der Waals surface area contributed by atoms with E-state index in [1.807, 2.05) is 12.1 Å². The number of phenols is 1. The standard InChI is InChI=1S/C24H28F2O/c1-3-16(2)4-5-17-6-8-18(9-7-17)19-10-12-20(13-11-19)21-14-22(25)24(27)23(26)15-21/h4-5,10-18,27H,3,6-9H2,1-2H3/b5-4+. The van der Waals surface area contributed by atoms with Crippen LogP contribution in [0.15, 0.2) is 48.6 Å². The predicted octanol–water partition coefficient (Wildman–Crippen LogP) is 7.21.